The van der Waals surface area contributed by atoms with Crippen LogP contribution in [0.4, 0.5) is 0 Å². The minimum atomic E-state index is -4.64. The zero-order valence-corrected chi connectivity index (χ0v) is 15.9. The van der Waals surface area contributed by atoms with E-state index in [0.717, 1.165) is 9.80 Å². The van der Waals surface area contributed by atoms with Crippen LogP contribution in [-0.2, 0) is 18.7 Å². The molecule has 0 atom stereocenters. The van der Waals surface area contributed by atoms with Crippen molar-refractivity contribution in [2.45, 2.75) is 0 Å². The Kier molecular flexibility index (Phi) is 14.2. The van der Waals surface area contributed by atoms with Gasteiger partial charge in [-0.3, -0.25) is 15.0 Å². The fraction of sp³-hybridized carbons (Fsp3) is 0.500. The summed E-state index contributed by atoms with van der Waals surface area (Å²) in [6.45, 7) is -0.704. The number of nitrogens with zero attached hydrogens (tertiary/aromatic N) is 3. The molecule has 0 unspecified atom stereocenters. The Morgan fingerprint density at radius 1 is 0.926 bits per heavy atom. The van der Waals surface area contributed by atoms with Crippen LogP contribution in [0.25, 0.3) is 0 Å². The maximum atomic E-state index is 10.3. The molecule has 12 N–H and O–H groups in total. The molecule has 0 spiro atoms. The van der Waals surface area contributed by atoms with Crippen molar-refractivity contribution < 1.29 is 53.4 Å². The number of hydrogen-bond acceptors (Lipinski definition) is 5. The summed E-state index contributed by atoms with van der Waals surface area (Å²) in [6.07, 6.45) is 0. The van der Waals surface area contributed by atoms with E-state index in [1.807, 2.05) is 0 Å². The molecule has 0 aromatic heterocycles. The lowest BCUT2D eigenvalue weighted by Crippen LogP contribution is -2.37. The van der Waals surface area contributed by atoms with E-state index in [1.165, 1.54) is 14.1 Å². The summed E-state index contributed by atoms with van der Waals surface area (Å²) in [5.41, 5.74) is 10.0. The number of carboxylic acids is 2. The number of carbonyl (C=O) groups is 2. The van der Waals surface area contributed by atoms with Crippen LogP contribution in [0.1, 0.15) is 0 Å². The molecular weight excluding hydrogens is 418 g/mol. The fourth-order valence-corrected chi connectivity index (χ4v) is 1.20. The van der Waals surface area contributed by atoms with Crippen molar-refractivity contribution in [3.8, 4) is 0 Å². The molecule has 0 rings (SSSR count). The number of guanidine groups is 2. The highest BCUT2D eigenvalue weighted by Gasteiger charge is 2.14. The number of phosphoric acid groups is 1. The van der Waals surface area contributed by atoms with Crippen LogP contribution in [0.5, 0.6) is 0 Å². The van der Waals surface area contributed by atoms with Crippen molar-refractivity contribution in [1.29, 1.82) is 5.41 Å². The van der Waals surface area contributed by atoms with Gasteiger partial charge in [0, 0.05) is 14.1 Å². The Hall–Kier alpha value is -2.26. The molecule has 0 saturated carbocycles. The summed E-state index contributed by atoms with van der Waals surface area (Å²) >= 11 is 0. The zero-order chi connectivity index (χ0) is 22.6. The van der Waals surface area contributed by atoms with E-state index in [-0.39, 0.29) is 12.5 Å². The van der Waals surface area contributed by atoms with Gasteiger partial charge >= 0.3 is 27.5 Å². The van der Waals surface area contributed by atoms with E-state index in [4.69, 9.17) is 56.1 Å². The third-order valence-corrected chi connectivity index (χ3v) is 2.25. The number of nitrogens with two attached hydrogens (primary N) is 2. The number of likely N-dealkylation sites (N-methyl/N-ethyl adjacent to an activating group) is 2. The highest BCUT2D eigenvalue weighted by Crippen LogP contribution is 2.35. The molecule has 0 bridgehead atoms. The van der Waals surface area contributed by atoms with E-state index in [9.17, 15) is 14.2 Å². The monoisotopic (exact) mass is 440 g/mol. The Labute approximate surface area is 152 Å². The first-order valence-corrected chi connectivity index (χ1v) is 9.28. The SMILES string of the molecule is CN(CC(=O)O)C(=N)N.CN(CC(=O)O)C(N)=NP(=O)(O)O.O=P(O)(O)O. The molecule has 0 aromatic carbocycles. The van der Waals surface area contributed by atoms with Crippen LogP contribution in [-0.4, -0.2) is 95.5 Å². The van der Waals surface area contributed by atoms with Crippen molar-refractivity contribution in [1.82, 2.24) is 9.80 Å². The molecule has 19 heteroatoms. The second-order valence-electron chi connectivity index (χ2n) is 4.37. The van der Waals surface area contributed by atoms with Gasteiger partial charge in [-0.2, -0.15) is 0 Å². The largest absolute Gasteiger partial charge is 0.480 e. The van der Waals surface area contributed by atoms with Gasteiger partial charge in [0.25, 0.3) is 0 Å². The molecule has 17 nitrogen and oxygen atoms in total. The van der Waals surface area contributed by atoms with E-state index in [1.54, 1.807) is 0 Å². The Morgan fingerprint density at radius 3 is 1.41 bits per heavy atom. The highest BCUT2D eigenvalue weighted by molar-refractivity contribution is 7.50. The van der Waals surface area contributed by atoms with Crippen molar-refractivity contribution >= 4 is 39.4 Å². The number of nitrogens with one attached hydrogen (secondary N) is 1. The summed E-state index contributed by atoms with van der Waals surface area (Å²) in [6, 6.07) is 0. The van der Waals surface area contributed by atoms with Crippen molar-refractivity contribution in [3.05, 3.63) is 0 Å². The van der Waals surface area contributed by atoms with E-state index in [0.29, 0.717) is 0 Å². The minimum absolute atomic E-state index is 0.227. The zero-order valence-electron chi connectivity index (χ0n) is 14.1. The van der Waals surface area contributed by atoms with E-state index >= 15 is 0 Å². The summed E-state index contributed by atoms with van der Waals surface area (Å²) in [5, 5.41) is 23.2. The number of hydrogen-bond donors (Lipinski definition) is 10. The molecular formula is C8H22N6O11P2. The van der Waals surface area contributed by atoms with Crippen LogP contribution in [0.2, 0.25) is 0 Å². The predicted octanol–water partition coefficient (Wildman–Crippen LogP) is -3.62. The van der Waals surface area contributed by atoms with Gasteiger partial charge in [-0.15, -0.1) is 4.76 Å². The van der Waals surface area contributed by atoms with Gasteiger partial charge in [0.1, 0.15) is 13.1 Å². The van der Waals surface area contributed by atoms with Crippen LogP contribution >= 0.6 is 15.6 Å². The number of carboxylic acid groups (broad SMARTS) is 2. The molecule has 0 aliphatic rings. The fourth-order valence-electron chi connectivity index (χ4n) is 0.782. The quantitative estimate of drug-likeness (QED) is 0.112. The molecule has 0 radical (unpaired) electrons. The predicted molar refractivity (Wildman–Crippen MR) is 90.4 cm³/mol. The first kappa shape index (κ1) is 29.5. The normalized spacial score (nSPS) is 11.1. The molecule has 27 heavy (non-hydrogen) atoms. The first-order chi connectivity index (χ1) is 11.8. The summed E-state index contributed by atoms with van der Waals surface area (Å²) < 4.78 is 22.0. The lowest BCUT2D eigenvalue weighted by atomic mass is 10.6. The van der Waals surface area contributed by atoms with Crippen LogP contribution in [0.3, 0.4) is 0 Å². The first-order valence-electron chi connectivity index (χ1n) is 6.15. The van der Waals surface area contributed by atoms with Gasteiger partial charge in [0.05, 0.1) is 0 Å². The standard InChI is InChI=1S/C4H10N3O5P.C4H9N3O2.H3O4P/c1-7(2-3(8)9)4(5)6-13(10,11)12;1-7(4(5)6)2-3(8)9;1-5(2,3)4/h2H2,1H3,(H,8,9)(H4,5,6,10,11,12);2H2,1H3,(H3,5,6)(H,8,9);(H3,1,2,3,4). The van der Waals surface area contributed by atoms with Gasteiger partial charge in [0.2, 0.25) is 5.96 Å². The van der Waals surface area contributed by atoms with Crippen LogP contribution < -0.4 is 11.5 Å². The van der Waals surface area contributed by atoms with E-state index in [2.05, 4.69) is 4.76 Å². The number of aliphatic carboxylic acids is 2. The molecule has 0 amide bonds. The minimum Gasteiger partial charge on any atom is -0.480 e. The van der Waals surface area contributed by atoms with Crippen molar-refractivity contribution in [2.24, 2.45) is 16.2 Å². The molecule has 160 valence electrons. The lowest BCUT2D eigenvalue weighted by molar-refractivity contribution is -0.138. The van der Waals surface area contributed by atoms with Gasteiger partial charge in [-0.05, 0) is 0 Å². The van der Waals surface area contributed by atoms with E-state index < -0.39 is 40.0 Å². The van der Waals surface area contributed by atoms with Gasteiger partial charge in [-0.25, -0.2) is 9.13 Å². The summed E-state index contributed by atoms with van der Waals surface area (Å²) in [5.74, 6) is -2.92. The smallest absolute Gasteiger partial charge is 0.466 e. The Balaban J connectivity index is -0.000000356. The maximum absolute atomic E-state index is 10.3. The molecule has 0 aromatic rings. The van der Waals surface area contributed by atoms with Crippen LogP contribution in [0, 0.1) is 5.41 Å². The third kappa shape index (κ3) is 31.9. The summed E-state index contributed by atoms with van der Waals surface area (Å²) in [7, 11) is -6.54. The molecule has 0 saturated heterocycles. The van der Waals surface area contributed by atoms with Gasteiger partial charge in [-0.1, -0.05) is 0 Å². The number of rotatable bonds is 5. The van der Waals surface area contributed by atoms with Crippen molar-refractivity contribution in [3.63, 3.8) is 0 Å². The molecule has 0 aliphatic heterocycles. The second kappa shape index (κ2) is 13.0. The average Bonchev–Trinajstić information content (AvgIpc) is 2.33. The van der Waals surface area contributed by atoms with Crippen molar-refractivity contribution in [2.75, 3.05) is 27.2 Å². The average molecular weight is 440 g/mol. The highest BCUT2D eigenvalue weighted by atomic mass is 31.2. The second-order valence-corrected chi connectivity index (χ2v) is 6.62. The van der Waals surface area contributed by atoms with Gasteiger partial charge in [0.15, 0.2) is 5.96 Å². The topological polar surface area (TPSA) is 305 Å². The molecule has 0 fully saturated rings. The van der Waals surface area contributed by atoms with Crippen LogP contribution in [0.15, 0.2) is 4.76 Å². The lowest BCUT2D eigenvalue weighted by Gasteiger charge is -2.14. The molecule has 0 heterocycles. The Bertz CT molecular complexity index is 620. The maximum Gasteiger partial charge on any atom is 0.466 e. The third-order valence-electron chi connectivity index (χ3n) is 1.78. The van der Waals surface area contributed by atoms with Gasteiger partial charge < -0.3 is 55.9 Å². The summed E-state index contributed by atoms with van der Waals surface area (Å²) in [4.78, 5) is 60.3. The Morgan fingerprint density at radius 2 is 1.22 bits per heavy atom. The molecule has 0 aliphatic carbocycles.